The number of fused-ring (bicyclic) bond motifs is 1. The molecule has 6 nitrogen and oxygen atoms in total. The van der Waals surface area contributed by atoms with Gasteiger partial charge in [-0.2, -0.15) is 0 Å². The normalized spacial score (nSPS) is 23.8. The molecule has 2 saturated heterocycles. The van der Waals surface area contributed by atoms with Crippen LogP contribution in [0.25, 0.3) is 0 Å². The molecule has 2 fully saturated rings. The highest BCUT2D eigenvalue weighted by molar-refractivity contribution is 5.86. The molecule has 0 spiro atoms. The molecule has 176 valence electrons. The highest BCUT2D eigenvalue weighted by atomic mass is 16.5. The van der Waals surface area contributed by atoms with Crippen molar-refractivity contribution < 1.29 is 14.6 Å². The molecule has 4 unspecified atom stereocenters. The summed E-state index contributed by atoms with van der Waals surface area (Å²) >= 11 is 0. The van der Waals surface area contributed by atoms with Crippen LogP contribution in [0.4, 0.5) is 0 Å². The van der Waals surface area contributed by atoms with Crippen molar-refractivity contribution in [2.45, 2.75) is 44.5 Å². The Bertz CT molecular complexity index is 1120. The minimum atomic E-state index is -0.333. The quantitative estimate of drug-likeness (QED) is 0.465. The molecule has 3 aromatic rings. The fourth-order valence-corrected chi connectivity index (χ4v) is 5.20. The number of carbonyl (C=O) groups is 1. The van der Waals surface area contributed by atoms with Gasteiger partial charge in [-0.1, -0.05) is 74.0 Å². The van der Waals surface area contributed by atoms with Crippen molar-refractivity contribution in [3.8, 4) is 11.5 Å². The minimum Gasteiger partial charge on any atom is -0.508 e. The molecule has 3 aromatic carbocycles. The number of rotatable bonds is 8. The van der Waals surface area contributed by atoms with Crippen LogP contribution in [0.15, 0.2) is 78.9 Å². The van der Waals surface area contributed by atoms with Crippen LogP contribution >= 0.6 is 0 Å². The lowest BCUT2D eigenvalue weighted by Crippen LogP contribution is -2.41. The second-order valence-corrected chi connectivity index (χ2v) is 9.05. The molecule has 4 atom stereocenters. The first kappa shape index (κ1) is 22.4. The van der Waals surface area contributed by atoms with E-state index in [1.165, 1.54) is 0 Å². The lowest BCUT2D eigenvalue weighted by molar-refractivity contribution is -0.130. The molecular weight excluding hydrogens is 426 g/mol. The van der Waals surface area contributed by atoms with Gasteiger partial charge in [0.1, 0.15) is 24.1 Å². The highest BCUT2D eigenvalue weighted by Crippen LogP contribution is 2.48. The SMILES string of the molecule is CCCCN1C(=O)C2NNC(c3ccccc3O)C2C1c1ccc(OCc2ccccc2)cc1. The van der Waals surface area contributed by atoms with Crippen LogP contribution in [-0.4, -0.2) is 28.5 Å². The Morgan fingerprint density at radius 2 is 1.62 bits per heavy atom. The molecule has 0 saturated carbocycles. The number of phenolic OH excluding ortho intramolecular Hbond substituents is 1. The number of likely N-dealkylation sites (tertiary alicyclic amines) is 1. The van der Waals surface area contributed by atoms with E-state index in [9.17, 15) is 9.90 Å². The standard InChI is InChI=1S/C28H31N3O3/c1-2-3-17-31-27(20-13-15-21(16-14-20)34-18-19-9-5-4-6-10-19)24-25(29-30-26(24)28(31)33)22-11-7-8-12-23(22)32/h4-16,24-27,29-30,32H,2-3,17-18H2,1H3. The second-order valence-electron chi connectivity index (χ2n) is 9.05. The number of benzene rings is 3. The van der Waals surface area contributed by atoms with Crippen LogP contribution < -0.4 is 15.6 Å². The Kier molecular flexibility index (Phi) is 6.52. The van der Waals surface area contributed by atoms with E-state index >= 15 is 0 Å². The number of nitrogens with one attached hydrogen (secondary N) is 2. The molecule has 0 radical (unpaired) electrons. The first-order valence-corrected chi connectivity index (χ1v) is 12.0. The molecule has 34 heavy (non-hydrogen) atoms. The maximum atomic E-state index is 13.4. The maximum absolute atomic E-state index is 13.4. The smallest absolute Gasteiger partial charge is 0.242 e. The van der Waals surface area contributed by atoms with Gasteiger partial charge >= 0.3 is 0 Å². The lowest BCUT2D eigenvalue weighted by Gasteiger charge is -2.31. The summed E-state index contributed by atoms with van der Waals surface area (Å²) in [4.78, 5) is 15.4. The molecule has 0 aromatic heterocycles. The summed E-state index contributed by atoms with van der Waals surface area (Å²) in [5.74, 6) is 1.10. The third-order valence-electron chi connectivity index (χ3n) is 6.91. The van der Waals surface area contributed by atoms with Crippen LogP contribution in [0.2, 0.25) is 0 Å². The molecule has 1 amide bonds. The number of aromatic hydroxyl groups is 1. The van der Waals surface area contributed by atoms with Gasteiger partial charge in [-0.3, -0.25) is 4.79 Å². The van der Waals surface area contributed by atoms with Gasteiger partial charge in [0.2, 0.25) is 5.91 Å². The van der Waals surface area contributed by atoms with Gasteiger partial charge in [-0.25, -0.2) is 10.9 Å². The van der Waals surface area contributed by atoms with Gasteiger partial charge in [0.25, 0.3) is 0 Å². The van der Waals surface area contributed by atoms with Gasteiger partial charge in [0, 0.05) is 18.0 Å². The van der Waals surface area contributed by atoms with Crippen LogP contribution in [-0.2, 0) is 11.4 Å². The zero-order chi connectivity index (χ0) is 23.5. The predicted molar refractivity (Wildman–Crippen MR) is 131 cm³/mol. The number of nitrogens with zero attached hydrogens (tertiary/aromatic N) is 1. The fourth-order valence-electron chi connectivity index (χ4n) is 5.20. The molecule has 0 bridgehead atoms. The van der Waals surface area contributed by atoms with Crippen molar-refractivity contribution in [1.82, 2.24) is 15.8 Å². The predicted octanol–water partition coefficient (Wildman–Crippen LogP) is 4.49. The Labute approximate surface area is 200 Å². The van der Waals surface area contributed by atoms with E-state index in [0.29, 0.717) is 13.2 Å². The number of hydrogen-bond acceptors (Lipinski definition) is 5. The van der Waals surface area contributed by atoms with Crippen molar-refractivity contribution in [2.24, 2.45) is 5.92 Å². The Hall–Kier alpha value is -3.35. The van der Waals surface area contributed by atoms with Gasteiger partial charge in [0.15, 0.2) is 0 Å². The molecule has 5 rings (SSSR count). The number of para-hydroxylation sites is 1. The first-order valence-electron chi connectivity index (χ1n) is 12.0. The van der Waals surface area contributed by atoms with E-state index in [2.05, 4.69) is 29.9 Å². The zero-order valence-corrected chi connectivity index (χ0v) is 19.4. The summed E-state index contributed by atoms with van der Waals surface area (Å²) in [6.07, 6.45) is 1.97. The van der Waals surface area contributed by atoms with Gasteiger partial charge in [-0.15, -0.1) is 0 Å². The van der Waals surface area contributed by atoms with Crippen LogP contribution in [0.3, 0.4) is 0 Å². The number of amides is 1. The van der Waals surface area contributed by atoms with E-state index in [4.69, 9.17) is 4.74 Å². The van der Waals surface area contributed by atoms with E-state index in [-0.39, 0.29) is 35.7 Å². The van der Waals surface area contributed by atoms with Crippen LogP contribution in [0, 0.1) is 5.92 Å². The van der Waals surface area contributed by atoms with Crippen LogP contribution in [0.5, 0.6) is 11.5 Å². The number of hydrazine groups is 1. The average molecular weight is 458 g/mol. The van der Waals surface area contributed by atoms with E-state index in [1.54, 1.807) is 6.07 Å². The Morgan fingerprint density at radius 1 is 0.912 bits per heavy atom. The lowest BCUT2D eigenvalue weighted by atomic mass is 9.83. The molecule has 0 aliphatic carbocycles. The summed E-state index contributed by atoms with van der Waals surface area (Å²) in [6, 6.07) is 25.0. The van der Waals surface area contributed by atoms with E-state index < -0.39 is 0 Å². The Morgan fingerprint density at radius 3 is 2.35 bits per heavy atom. The van der Waals surface area contributed by atoms with E-state index in [1.807, 2.05) is 65.6 Å². The minimum absolute atomic E-state index is 0.0475. The summed E-state index contributed by atoms with van der Waals surface area (Å²) in [6.45, 7) is 3.37. The summed E-state index contributed by atoms with van der Waals surface area (Å²) in [5.41, 5.74) is 9.52. The average Bonchev–Trinajstić information content (AvgIpc) is 3.41. The third kappa shape index (κ3) is 4.27. The largest absolute Gasteiger partial charge is 0.508 e. The van der Waals surface area contributed by atoms with Gasteiger partial charge in [-0.05, 0) is 35.7 Å². The zero-order valence-electron chi connectivity index (χ0n) is 19.4. The first-order chi connectivity index (χ1) is 16.7. The molecule has 2 aliphatic heterocycles. The van der Waals surface area contributed by atoms with Crippen molar-refractivity contribution in [1.29, 1.82) is 0 Å². The highest BCUT2D eigenvalue weighted by Gasteiger charge is 2.55. The monoisotopic (exact) mass is 457 g/mol. The van der Waals surface area contributed by atoms with Crippen molar-refractivity contribution >= 4 is 5.91 Å². The molecule has 3 N–H and O–H groups in total. The summed E-state index contributed by atoms with van der Waals surface area (Å²) in [5, 5.41) is 10.5. The third-order valence-corrected chi connectivity index (χ3v) is 6.91. The molecule has 2 aliphatic rings. The second kappa shape index (κ2) is 9.87. The maximum Gasteiger partial charge on any atom is 0.242 e. The van der Waals surface area contributed by atoms with Crippen molar-refractivity contribution in [2.75, 3.05) is 6.54 Å². The number of ether oxygens (including phenoxy) is 1. The summed E-state index contributed by atoms with van der Waals surface area (Å²) in [7, 11) is 0. The van der Waals surface area contributed by atoms with Crippen molar-refractivity contribution in [3.63, 3.8) is 0 Å². The summed E-state index contributed by atoms with van der Waals surface area (Å²) < 4.78 is 5.98. The van der Waals surface area contributed by atoms with Gasteiger partial charge in [0.05, 0.1) is 12.1 Å². The Balaban J connectivity index is 1.42. The van der Waals surface area contributed by atoms with Gasteiger partial charge < -0.3 is 14.7 Å². The number of unbranched alkanes of at least 4 members (excludes halogenated alkanes) is 1. The van der Waals surface area contributed by atoms with Crippen LogP contribution in [0.1, 0.15) is 48.5 Å². The van der Waals surface area contributed by atoms with E-state index in [0.717, 1.165) is 35.3 Å². The number of hydrogen-bond donors (Lipinski definition) is 3. The molecule has 2 heterocycles. The number of phenols is 1. The fraction of sp³-hybridized carbons (Fsp3) is 0.321. The topological polar surface area (TPSA) is 73.8 Å². The molecule has 6 heteroatoms. The molecular formula is C28H31N3O3. The van der Waals surface area contributed by atoms with Crippen molar-refractivity contribution in [3.05, 3.63) is 95.6 Å². The number of carbonyl (C=O) groups excluding carboxylic acids is 1.